The Balaban J connectivity index is 2.52. The van der Waals surface area contributed by atoms with E-state index in [4.69, 9.17) is 0 Å². The van der Waals surface area contributed by atoms with Crippen LogP contribution >= 0.6 is 0 Å². The minimum atomic E-state index is -0.864. The van der Waals surface area contributed by atoms with Gasteiger partial charge in [-0.2, -0.15) is 5.10 Å². The van der Waals surface area contributed by atoms with E-state index in [1.807, 2.05) is 27.8 Å². The lowest BCUT2D eigenvalue weighted by molar-refractivity contribution is -0.126. The quantitative estimate of drug-likeness (QED) is 0.766. The van der Waals surface area contributed by atoms with Gasteiger partial charge in [0.25, 0.3) is 0 Å². The summed E-state index contributed by atoms with van der Waals surface area (Å²) in [6, 6.07) is 0. The Bertz CT molecular complexity index is 434. The van der Waals surface area contributed by atoms with Crippen molar-refractivity contribution in [3.8, 4) is 0 Å². The Labute approximate surface area is 121 Å². The molecule has 0 radical (unpaired) electrons. The number of amides is 1. The molecule has 0 aliphatic heterocycles. The molecule has 0 aliphatic rings. The molecule has 114 valence electrons. The highest BCUT2D eigenvalue weighted by molar-refractivity contribution is 5.77. The van der Waals surface area contributed by atoms with Crippen molar-refractivity contribution in [1.29, 1.82) is 0 Å². The molecule has 0 spiro atoms. The lowest BCUT2D eigenvalue weighted by Gasteiger charge is -2.26. The monoisotopic (exact) mass is 281 g/mol. The predicted octanol–water partition coefficient (Wildman–Crippen LogP) is 2.07. The number of aliphatic hydroxyl groups is 1. The first kappa shape index (κ1) is 16.7. The van der Waals surface area contributed by atoms with Gasteiger partial charge in [0, 0.05) is 24.8 Å². The highest BCUT2D eigenvalue weighted by Gasteiger charge is 2.28. The van der Waals surface area contributed by atoms with Gasteiger partial charge in [0.15, 0.2) is 0 Å². The number of aryl methyl sites for hydroxylation is 1. The molecule has 0 saturated heterocycles. The molecule has 2 N–H and O–H groups in total. The van der Waals surface area contributed by atoms with Crippen LogP contribution in [0, 0.1) is 6.92 Å². The van der Waals surface area contributed by atoms with Crippen LogP contribution < -0.4 is 5.32 Å². The molecule has 0 bridgehead atoms. The van der Waals surface area contributed by atoms with Gasteiger partial charge in [0.05, 0.1) is 18.2 Å². The molecule has 0 fully saturated rings. The molecule has 0 saturated carbocycles. The second-order valence-corrected chi connectivity index (χ2v) is 5.56. The van der Waals surface area contributed by atoms with Gasteiger partial charge < -0.3 is 10.4 Å². The van der Waals surface area contributed by atoms with Gasteiger partial charge in [0.2, 0.25) is 5.91 Å². The first-order valence-electron chi connectivity index (χ1n) is 7.38. The number of rotatable bonds is 8. The maximum absolute atomic E-state index is 12.0. The summed E-state index contributed by atoms with van der Waals surface area (Å²) in [4.78, 5) is 12.0. The number of hydrogen-bond acceptors (Lipinski definition) is 3. The van der Waals surface area contributed by atoms with Crippen molar-refractivity contribution in [2.24, 2.45) is 7.05 Å². The molecule has 0 aromatic carbocycles. The van der Waals surface area contributed by atoms with E-state index in [-0.39, 0.29) is 12.3 Å². The molecule has 1 aromatic rings. The van der Waals surface area contributed by atoms with E-state index in [2.05, 4.69) is 10.4 Å². The lowest BCUT2D eigenvalue weighted by atomic mass is 9.89. The van der Waals surface area contributed by atoms with Crippen LogP contribution in [0.1, 0.15) is 57.2 Å². The van der Waals surface area contributed by atoms with Crippen LogP contribution in [-0.2, 0) is 18.4 Å². The van der Waals surface area contributed by atoms with Gasteiger partial charge in [-0.1, -0.05) is 26.7 Å². The Morgan fingerprint density at radius 3 is 2.45 bits per heavy atom. The van der Waals surface area contributed by atoms with Crippen molar-refractivity contribution in [3.63, 3.8) is 0 Å². The minimum absolute atomic E-state index is 0.0994. The summed E-state index contributed by atoms with van der Waals surface area (Å²) >= 11 is 0. The summed E-state index contributed by atoms with van der Waals surface area (Å²) in [5.74, 6) is -0.0994. The maximum atomic E-state index is 12.0. The van der Waals surface area contributed by atoms with Crippen molar-refractivity contribution in [2.75, 3.05) is 0 Å². The van der Waals surface area contributed by atoms with Gasteiger partial charge in [-0.05, 0) is 19.8 Å². The second-order valence-electron chi connectivity index (χ2n) is 5.56. The van der Waals surface area contributed by atoms with E-state index in [0.717, 1.165) is 24.1 Å². The third-order valence-electron chi connectivity index (χ3n) is 3.73. The Kier molecular flexibility index (Phi) is 6.20. The fraction of sp³-hybridized carbons (Fsp3) is 0.733. The van der Waals surface area contributed by atoms with Crippen LogP contribution in [0.4, 0.5) is 0 Å². The van der Waals surface area contributed by atoms with E-state index in [1.165, 1.54) is 0 Å². The molecule has 0 atom stereocenters. The molecule has 5 heteroatoms. The van der Waals surface area contributed by atoms with E-state index in [0.29, 0.717) is 19.4 Å². The first-order valence-corrected chi connectivity index (χ1v) is 7.38. The Morgan fingerprint density at radius 2 is 2.00 bits per heavy atom. The number of carbonyl (C=O) groups excluding carboxylic acids is 1. The zero-order valence-corrected chi connectivity index (χ0v) is 13.1. The number of nitrogens with one attached hydrogen (secondary N) is 1. The van der Waals surface area contributed by atoms with Gasteiger partial charge in [0.1, 0.15) is 0 Å². The van der Waals surface area contributed by atoms with Crippen molar-refractivity contribution in [3.05, 3.63) is 17.5 Å². The zero-order chi connectivity index (χ0) is 15.2. The second kappa shape index (κ2) is 7.43. The minimum Gasteiger partial charge on any atom is -0.389 e. The fourth-order valence-corrected chi connectivity index (χ4v) is 2.51. The standard InChI is InChI=1S/C15H27N3O2/c1-5-7-15(20,8-6-2)9-14(19)16-10-13-11-17-18(4)12(13)3/h11,20H,5-10H2,1-4H3,(H,16,19). The van der Waals surface area contributed by atoms with Crippen LogP contribution in [0.2, 0.25) is 0 Å². The molecule has 1 rings (SSSR count). The summed E-state index contributed by atoms with van der Waals surface area (Å²) in [6.07, 6.45) is 5.03. The van der Waals surface area contributed by atoms with Crippen LogP contribution in [0.5, 0.6) is 0 Å². The van der Waals surface area contributed by atoms with Crippen molar-refractivity contribution in [2.45, 2.75) is 65.0 Å². The van der Waals surface area contributed by atoms with Gasteiger partial charge in [-0.3, -0.25) is 9.48 Å². The number of carbonyl (C=O) groups is 1. The van der Waals surface area contributed by atoms with Crippen LogP contribution in [0.3, 0.4) is 0 Å². The van der Waals surface area contributed by atoms with E-state index in [1.54, 1.807) is 10.9 Å². The van der Waals surface area contributed by atoms with Crippen LogP contribution in [0.25, 0.3) is 0 Å². The summed E-state index contributed by atoms with van der Waals surface area (Å²) < 4.78 is 1.78. The van der Waals surface area contributed by atoms with Crippen LogP contribution in [0.15, 0.2) is 6.20 Å². The highest BCUT2D eigenvalue weighted by Crippen LogP contribution is 2.23. The molecule has 20 heavy (non-hydrogen) atoms. The lowest BCUT2D eigenvalue weighted by Crippen LogP contribution is -2.36. The molecule has 1 aromatic heterocycles. The number of aromatic nitrogens is 2. The molecular formula is C15H27N3O2. The topological polar surface area (TPSA) is 67.2 Å². The first-order chi connectivity index (χ1) is 9.41. The molecule has 0 aliphatic carbocycles. The zero-order valence-electron chi connectivity index (χ0n) is 13.1. The Morgan fingerprint density at radius 1 is 1.40 bits per heavy atom. The van der Waals surface area contributed by atoms with Gasteiger partial charge >= 0.3 is 0 Å². The molecule has 0 unspecified atom stereocenters. The number of nitrogens with zero attached hydrogens (tertiary/aromatic N) is 2. The van der Waals surface area contributed by atoms with Crippen LogP contribution in [-0.4, -0.2) is 26.4 Å². The van der Waals surface area contributed by atoms with Crippen molar-refractivity contribution >= 4 is 5.91 Å². The summed E-state index contributed by atoms with van der Waals surface area (Å²) in [5, 5.41) is 17.5. The van der Waals surface area contributed by atoms with E-state index >= 15 is 0 Å². The van der Waals surface area contributed by atoms with Gasteiger partial charge in [-0.25, -0.2) is 0 Å². The molecule has 5 nitrogen and oxygen atoms in total. The largest absolute Gasteiger partial charge is 0.389 e. The average molecular weight is 281 g/mol. The summed E-state index contributed by atoms with van der Waals surface area (Å²) in [7, 11) is 1.88. The van der Waals surface area contributed by atoms with Gasteiger partial charge in [-0.15, -0.1) is 0 Å². The van der Waals surface area contributed by atoms with E-state index in [9.17, 15) is 9.90 Å². The maximum Gasteiger partial charge on any atom is 0.223 e. The summed E-state index contributed by atoms with van der Waals surface area (Å²) in [6.45, 7) is 6.49. The Hall–Kier alpha value is -1.36. The molecule has 1 heterocycles. The smallest absolute Gasteiger partial charge is 0.223 e. The van der Waals surface area contributed by atoms with E-state index < -0.39 is 5.60 Å². The fourth-order valence-electron chi connectivity index (χ4n) is 2.51. The third-order valence-corrected chi connectivity index (χ3v) is 3.73. The summed E-state index contributed by atoms with van der Waals surface area (Å²) in [5.41, 5.74) is 1.19. The average Bonchev–Trinajstić information content (AvgIpc) is 2.68. The molecule has 1 amide bonds. The predicted molar refractivity (Wildman–Crippen MR) is 79.2 cm³/mol. The molecular weight excluding hydrogens is 254 g/mol. The highest BCUT2D eigenvalue weighted by atomic mass is 16.3. The normalized spacial score (nSPS) is 11.7. The third kappa shape index (κ3) is 4.63. The van der Waals surface area contributed by atoms with Crippen molar-refractivity contribution < 1.29 is 9.90 Å². The number of hydrogen-bond donors (Lipinski definition) is 2. The SMILES string of the molecule is CCCC(O)(CCC)CC(=O)NCc1cnn(C)c1C. The van der Waals surface area contributed by atoms with Crippen molar-refractivity contribution in [1.82, 2.24) is 15.1 Å².